The molecule has 180 valence electrons. The van der Waals surface area contributed by atoms with E-state index in [1.165, 1.54) is 0 Å². The summed E-state index contributed by atoms with van der Waals surface area (Å²) in [5.41, 5.74) is -1.99. The molecule has 1 amide bonds. The fourth-order valence-corrected chi connectivity index (χ4v) is 4.82. The Bertz CT molecular complexity index is 966. The standard InChI is InChI=1S/C22H29F3N5O2.U/c1-13(29-8-10-30(11-9-29)20(32)14-4-5-14)6-7-26-18-17-15(12-21(18,2)3)16(22(23,24)25)19(31)28-27-17;/h1,14,18,26H,4-12H2,2-3H3,(H,28,31);/q-1;. The third-order valence-electron chi connectivity index (χ3n) is 6.74. The number of rotatable bonds is 6. The predicted molar refractivity (Wildman–Crippen MR) is 111 cm³/mol. The van der Waals surface area contributed by atoms with Crippen molar-refractivity contribution in [3.63, 3.8) is 0 Å². The number of carbonyl (C=O) groups excluding carboxylic acids is 1. The van der Waals surface area contributed by atoms with Crippen molar-refractivity contribution in [1.82, 2.24) is 25.3 Å². The van der Waals surface area contributed by atoms with Gasteiger partial charge in [-0.25, -0.2) is 5.10 Å². The van der Waals surface area contributed by atoms with Crippen LogP contribution in [-0.4, -0.2) is 58.6 Å². The molecule has 7 nitrogen and oxygen atoms in total. The summed E-state index contributed by atoms with van der Waals surface area (Å²) in [7, 11) is 0. The first kappa shape index (κ1) is 26.3. The van der Waals surface area contributed by atoms with Crippen LogP contribution >= 0.6 is 0 Å². The van der Waals surface area contributed by atoms with Gasteiger partial charge in [0.25, 0.3) is 5.56 Å². The maximum Gasteiger partial charge on any atom is 0.422 e. The molecule has 2 fully saturated rings. The Labute approximate surface area is 214 Å². The van der Waals surface area contributed by atoms with E-state index >= 15 is 0 Å². The van der Waals surface area contributed by atoms with Crippen LogP contribution in [0.3, 0.4) is 0 Å². The second-order valence-corrected chi connectivity index (χ2v) is 9.67. The van der Waals surface area contributed by atoms with Gasteiger partial charge in [0.05, 0.1) is 11.7 Å². The molecule has 1 saturated heterocycles. The summed E-state index contributed by atoms with van der Waals surface area (Å²) in [6.07, 6.45) is -2.11. The number of carbonyl (C=O) groups is 1. The molecule has 0 bridgehead atoms. The van der Waals surface area contributed by atoms with Crippen LogP contribution in [0.4, 0.5) is 13.2 Å². The zero-order valence-corrected chi connectivity index (χ0v) is 23.1. The van der Waals surface area contributed by atoms with E-state index in [-0.39, 0.29) is 60.6 Å². The monoisotopic (exact) mass is 690 g/mol. The molecule has 1 atom stereocenters. The smallest absolute Gasteiger partial charge is 0.422 e. The summed E-state index contributed by atoms with van der Waals surface area (Å²) < 4.78 is 40.4. The number of amides is 1. The van der Waals surface area contributed by atoms with Gasteiger partial charge < -0.3 is 21.7 Å². The quantitative estimate of drug-likeness (QED) is 0.449. The van der Waals surface area contributed by atoms with Gasteiger partial charge in [-0.1, -0.05) is 13.8 Å². The Morgan fingerprint density at radius 2 is 1.82 bits per heavy atom. The normalized spacial score (nSPS) is 22.0. The Hall–Kier alpha value is -1.31. The molecule has 2 N–H and O–H groups in total. The topological polar surface area (TPSA) is 81.3 Å². The van der Waals surface area contributed by atoms with Crippen LogP contribution in [0.1, 0.15) is 56.0 Å². The van der Waals surface area contributed by atoms with Gasteiger partial charge in [0.2, 0.25) is 5.91 Å². The number of fused-ring (bicyclic) bond motifs is 1. The minimum atomic E-state index is -4.73. The van der Waals surface area contributed by atoms with Crippen molar-refractivity contribution in [2.24, 2.45) is 11.3 Å². The summed E-state index contributed by atoms with van der Waals surface area (Å²) in [5, 5.41) is 9.27. The SMILES string of the molecule is [CH-]=C(CCNC1c2n[nH]c(=O)c(C(F)(F)F)c2CC1(C)C)N1CCN(C(=O)C2CC2)CC1.[U]. The van der Waals surface area contributed by atoms with E-state index in [9.17, 15) is 22.8 Å². The maximum atomic E-state index is 13.5. The second-order valence-electron chi connectivity index (χ2n) is 9.67. The molecule has 0 aromatic carbocycles. The molecule has 4 rings (SSSR count). The third kappa shape index (κ3) is 5.51. The van der Waals surface area contributed by atoms with Crippen LogP contribution in [0, 0.1) is 49.0 Å². The van der Waals surface area contributed by atoms with E-state index < -0.39 is 28.8 Å². The molecular formula is C22H29F3N5O2U-. The first-order chi connectivity index (χ1) is 15.0. The average molecular weight is 691 g/mol. The molecule has 2 aliphatic carbocycles. The number of hydrogen-bond acceptors (Lipinski definition) is 5. The van der Waals surface area contributed by atoms with E-state index in [2.05, 4.69) is 15.3 Å². The summed E-state index contributed by atoms with van der Waals surface area (Å²) in [6, 6.07) is -0.434. The Morgan fingerprint density at radius 3 is 2.39 bits per heavy atom. The van der Waals surface area contributed by atoms with Gasteiger partial charge in [-0.2, -0.15) is 24.0 Å². The number of aromatic amines is 1. The molecule has 1 unspecified atom stereocenters. The van der Waals surface area contributed by atoms with E-state index in [4.69, 9.17) is 6.58 Å². The summed E-state index contributed by atoms with van der Waals surface area (Å²) in [4.78, 5) is 28.0. The first-order valence-corrected chi connectivity index (χ1v) is 11.1. The van der Waals surface area contributed by atoms with Gasteiger partial charge in [0, 0.05) is 63.2 Å². The molecule has 0 radical (unpaired) electrons. The molecule has 1 aromatic heterocycles. The van der Waals surface area contributed by atoms with Crippen molar-refractivity contribution in [2.45, 2.75) is 51.7 Å². The molecule has 11 heteroatoms. The van der Waals surface area contributed by atoms with Crippen LogP contribution in [0.5, 0.6) is 0 Å². The molecule has 1 aromatic rings. The molecular weight excluding hydrogens is 661 g/mol. The number of nitrogens with one attached hydrogen (secondary N) is 2. The van der Waals surface area contributed by atoms with Crippen LogP contribution < -0.4 is 10.9 Å². The third-order valence-corrected chi connectivity index (χ3v) is 6.74. The summed E-state index contributed by atoms with van der Waals surface area (Å²) in [6.45, 7) is 13.1. The van der Waals surface area contributed by atoms with Crippen LogP contribution in [0.15, 0.2) is 10.5 Å². The van der Waals surface area contributed by atoms with Crippen molar-refractivity contribution < 1.29 is 49.1 Å². The largest absolute Gasteiger partial charge is 0.493 e. The molecule has 0 spiro atoms. The number of nitrogens with zero attached hydrogens (tertiary/aromatic N) is 3. The molecule has 2 heterocycles. The molecule has 1 saturated carbocycles. The van der Waals surface area contributed by atoms with E-state index in [1.807, 2.05) is 23.8 Å². The van der Waals surface area contributed by atoms with Crippen molar-refractivity contribution >= 4 is 5.91 Å². The van der Waals surface area contributed by atoms with Crippen LogP contribution in [0.2, 0.25) is 0 Å². The summed E-state index contributed by atoms with van der Waals surface area (Å²) in [5.74, 6) is 0.460. The van der Waals surface area contributed by atoms with Crippen LogP contribution in [-0.2, 0) is 17.4 Å². The van der Waals surface area contributed by atoms with Gasteiger partial charge >= 0.3 is 6.18 Å². The van der Waals surface area contributed by atoms with Crippen molar-refractivity contribution in [2.75, 3.05) is 32.7 Å². The first-order valence-electron chi connectivity index (χ1n) is 11.1. The van der Waals surface area contributed by atoms with Crippen molar-refractivity contribution in [3.05, 3.63) is 39.5 Å². The van der Waals surface area contributed by atoms with Gasteiger partial charge in [0.1, 0.15) is 5.56 Å². The Morgan fingerprint density at radius 1 is 1.21 bits per heavy atom. The number of halogens is 3. The van der Waals surface area contributed by atoms with Gasteiger partial charge in [-0.05, 0) is 43.2 Å². The van der Waals surface area contributed by atoms with Gasteiger partial charge in [0.15, 0.2) is 0 Å². The number of piperazine rings is 1. The fourth-order valence-electron chi connectivity index (χ4n) is 4.82. The second kappa shape index (κ2) is 9.75. The molecule has 33 heavy (non-hydrogen) atoms. The molecule has 3 aliphatic rings. The van der Waals surface area contributed by atoms with E-state index in [0.29, 0.717) is 44.8 Å². The van der Waals surface area contributed by atoms with Gasteiger partial charge in [-0.15, -0.1) is 0 Å². The van der Waals surface area contributed by atoms with E-state index in [0.717, 1.165) is 12.8 Å². The minimum absolute atomic E-state index is 0. The Balaban J connectivity index is 0.00000306. The number of H-pyrrole nitrogens is 1. The summed E-state index contributed by atoms with van der Waals surface area (Å²) >= 11 is 0. The zero-order chi connectivity index (χ0) is 23.3. The number of alkyl halides is 3. The van der Waals surface area contributed by atoms with Crippen molar-refractivity contribution in [3.8, 4) is 0 Å². The fraction of sp³-hybridized carbons (Fsp3) is 0.682. The zero-order valence-electron chi connectivity index (χ0n) is 18.9. The van der Waals surface area contributed by atoms with E-state index in [1.54, 1.807) is 0 Å². The van der Waals surface area contributed by atoms with Crippen molar-refractivity contribution in [1.29, 1.82) is 0 Å². The predicted octanol–water partition coefficient (Wildman–Crippen LogP) is 2.26. The average Bonchev–Trinajstić information content (AvgIpc) is 3.52. The molecule has 1 aliphatic heterocycles. The van der Waals surface area contributed by atoms with Gasteiger partial charge in [-0.3, -0.25) is 9.59 Å². The maximum absolute atomic E-state index is 13.5. The minimum Gasteiger partial charge on any atom is -0.493 e. The number of aromatic nitrogens is 2. The number of hydrogen-bond donors (Lipinski definition) is 2. The van der Waals surface area contributed by atoms with Crippen LogP contribution in [0.25, 0.3) is 0 Å². The Kier molecular flexibility index (Phi) is 7.77.